The minimum atomic E-state index is 0.455. The molecule has 2 aromatic heterocycles. The van der Waals surface area contributed by atoms with Crippen LogP contribution in [-0.2, 0) is 0 Å². The van der Waals surface area contributed by atoms with Crippen LogP contribution in [0.2, 0.25) is 0 Å². The quantitative estimate of drug-likeness (QED) is 0.551. The summed E-state index contributed by atoms with van der Waals surface area (Å²) in [5, 5.41) is 13.9. The number of aromatic amines is 1. The number of nitrogens with one attached hydrogen (secondary N) is 3. The molecule has 8 nitrogen and oxygen atoms in total. The maximum absolute atomic E-state index is 5.40. The molecule has 9 heteroatoms. The van der Waals surface area contributed by atoms with E-state index in [4.69, 9.17) is 9.47 Å². The predicted octanol–water partition coefficient (Wildman–Crippen LogP) is 1.84. The summed E-state index contributed by atoms with van der Waals surface area (Å²) in [5.41, 5.74) is 2.76. The van der Waals surface area contributed by atoms with E-state index < -0.39 is 0 Å². The van der Waals surface area contributed by atoms with Gasteiger partial charge in [-0.25, -0.2) is 4.98 Å². The molecular formula is C18H21BN6O2. The molecule has 0 saturated heterocycles. The first-order valence-corrected chi connectivity index (χ1v) is 8.81. The van der Waals surface area contributed by atoms with Crippen LogP contribution in [0.25, 0.3) is 0 Å². The molecule has 0 bridgehead atoms. The topological polar surface area (TPSA) is 97.0 Å². The first-order chi connectivity index (χ1) is 13.2. The lowest BCUT2D eigenvalue weighted by molar-refractivity contribution is 0.405. The number of ether oxygens (including phenoxy) is 2. The van der Waals surface area contributed by atoms with Crippen LogP contribution in [0.4, 0.5) is 23.3 Å². The van der Waals surface area contributed by atoms with Crippen molar-refractivity contribution in [2.75, 3.05) is 24.9 Å². The highest BCUT2D eigenvalue weighted by atomic mass is 16.5. The smallest absolute Gasteiger partial charge is 0.229 e. The lowest BCUT2D eigenvalue weighted by Gasteiger charge is -2.13. The number of hydrogen-bond donors (Lipinski definition) is 3. The molecule has 0 radical (unpaired) electrons. The second-order valence-corrected chi connectivity index (χ2v) is 6.52. The summed E-state index contributed by atoms with van der Waals surface area (Å²) in [7, 11) is 5.19. The first-order valence-electron chi connectivity index (χ1n) is 8.81. The first kappa shape index (κ1) is 17.2. The fraction of sp³-hybridized carbons (Fsp3) is 0.278. The summed E-state index contributed by atoms with van der Waals surface area (Å²) < 4.78 is 10.7. The average Bonchev–Trinajstić information content (AvgIpc) is 3.43. The number of anilines is 4. The molecule has 138 valence electrons. The van der Waals surface area contributed by atoms with Gasteiger partial charge >= 0.3 is 0 Å². The highest BCUT2D eigenvalue weighted by molar-refractivity contribution is 6.35. The minimum Gasteiger partial charge on any atom is -0.497 e. The Hall–Kier alpha value is -3.23. The van der Waals surface area contributed by atoms with Crippen LogP contribution < -0.4 is 25.6 Å². The molecule has 0 amide bonds. The molecule has 1 aliphatic rings. The van der Waals surface area contributed by atoms with Gasteiger partial charge in [0, 0.05) is 24.2 Å². The third-order valence-corrected chi connectivity index (χ3v) is 4.47. The fourth-order valence-corrected chi connectivity index (χ4v) is 2.78. The Morgan fingerprint density at radius 1 is 1.15 bits per heavy atom. The summed E-state index contributed by atoms with van der Waals surface area (Å²) in [4.78, 5) is 8.95. The van der Waals surface area contributed by atoms with E-state index in [1.165, 1.54) is 12.8 Å². The van der Waals surface area contributed by atoms with Crippen LogP contribution >= 0.6 is 0 Å². The summed E-state index contributed by atoms with van der Waals surface area (Å²) in [5.74, 6) is 3.98. The van der Waals surface area contributed by atoms with Crippen molar-refractivity contribution < 1.29 is 9.47 Å². The van der Waals surface area contributed by atoms with Crippen molar-refractivity contribution in [1.29, 1.82) is 0 Å². The van der Waals surface area contributed by atoms with E-state index in [0.29, 0.717) is 29.2 Å². The molecule has 3 N–H and O–H groups in total. The number of methoxy groups -OCH3 is 2. The zero-order chi connectivity index (χ0) is 18.8. The van der Waals surface area contributed by atoms with E-state index in [9.17, 15) is 0 Å². The van der Waals surface area contributed by atoms with Crippen molar-refractivity contribution in [3.8, 4) is 11.5 Å². The normalized spacial score (nSPS) is 13.3. The van der Waals surface area contributed by atoms with Crippen LogP contribution in [0.3, 0.4) is 0 Å². The Morgan fingerprint density at radius 2 is 2.00 bits per heavy atom. The molecule has 1 saturated carbocycles. The standard InChI is InChI=1S/C18H21BN6O2/c1-26-11-5-6-15(27-2)14(7-11)21-18-20-9-12(19)17(23-18)22-16-8-13(24-25-16)10-3-4-10/h5-10H,3-4,19H2,1-2H3,(H3,20,21,22,23,24,25). The van der Waals surface area contributed by atoms with Crippen molar-refractivity contribution in [2.24, 2.45) is 0 Å². The summed E-state index contributed by atoms with van der Waals surface area (Å²) in [6.45, 7) is 0. The zero-order valence-corrected chi connectivity index (χ0v) is 15.5. The highest BCUT2D eigenvalue weighted by Crippen LogP contribution is 2.39. The van der Waals surface area contributed by atoms with E-state index in [2.05, 4.69) is 30.8 Å². The Balaban J connectivity index is 1.56. The lowest BCUT2D eigenvalue weighted by atomic mass is 9.99. The van der Waals surface area contributed by atoms with Gasteiger partial charge in [-0.15, -0.1) is 0 Å². The van der Waals surface area contributed by atoms with Gasteiger partial charge in [-0.2, -0.15) is 10.1 Å². The van der Waals surface area contributed by atoms with Gasteiger partial charge in [-0.1, -0.05) is 0 Å². The van der Waals surface area contributed by atoms with Crippen molar-refractivity contribution in [1.82, 2.24) is 20.2 Å². The zero-order valence-electron chi connectivity index (χ0n) is 15.5. The van der Waals surface area contributed by atoms with Crippen LogP contribution in [0.5, 0.6) is 11.5 Å². The van der Waals surface area contributed by atoms with Crippen molar-refractivity contribution in [3.05, 3.63) is 36.2 Å². The molecule has 1 aliphatic carbocycles. The maximum Gasteiger partial charge on any atom is 0.229 e. The minimum absolute atomic E-state index is 0.455. The van der Waals surface area contributed by atoms with Gasteiger partial charge in [-0.3, -0.25) is 5.10 Å². The number of benzene rings is 1. The second kappa shape index (κ2) is 7.18. The summed E-state index contributed by atoms with van der Waals surface area (Å²) in [6, 6.07) is 7.55. The van der Waals surface area contributed by atoms with Gasteiger partial charge < -0.3 is 20.1 Å². The highest BCUT2D eigenvalue weighted by Gasteiger charge is 2.26. The molecule has 0 unspecified atom stereocenters. The monoisotopic (exact) mass is 364 g/mol. The molecule has 0 atom stereocenters. The summed E-state index contributed by atoms with van der Waals surface area (Å²) >= 11 is 0. The third-order valence-electron chi connectivity index (χ3n) is 4.47. The molecule has 1 aromatic carbocycles. The maximum atomic E-state index is 5.40. The number of nitrogens with zero attached hydrogens (tertiary/aromatic N) is 3. The molecular weight excluding hydrogens is 343 g/mol. The molecule has 0 aliphatic heterocycles. The Morgan fingerprint density at radius 3 is 2.74 bits per heavy atom. The van der Waals surface area contributed by atoms with E-state index in [1.54, 1.807) is 20.4 Å². The largest absolute Gasteiger partial charge is 0.497 e. The van der Waals surface area contributed by atoms with Gasteiger partial charge in [0.05, 0.1) is 25.6 Å². The molecule has 27 heavy (non-hydrogen) atoms. The van der Waals surface area contributed by atoms with Crippen LogP contribution in [0, 0.1) is 0 Å². The van der Waals surface area contributed by atoms with E-state index in [1.807, 2.05) is 32.1 Å². The van der Waals surface area contributed by atoms with Crippen molar-refractivity contribution >= 4 is 36.6 Å². The molecule has 0 spiro atoms. The van der Waals surface area contributed by atoms with Crippen LogP contribution in [0.15, 0.2) is 30.5 Å². The third kappa shape index (κ3) is 3.81. The van der Waals surface area contributed by atoms with E-state index in [-0.39, 0.29) is 0 Å². The number of aromatic nitrogens is 4. The Kier molecular flexibility index (Phi) is 4.58. The van der Waals surface area contributed by atoms with Gasteiger partial charge in [-0.05, 0) is 30.4 Å². The van der Waals surface area contributed by atoms with Gasteiger partial charge in [0.1, 0.15) is 31.0 Å². The SMILES string of the molecule is Bc1cnc(Nc2cc(OC)ccc2OC)nc1Nc1cc(C2CC2)n[nH]1. The predicted molar refractivity (Wildman–Crippen MR) is 107 cm³/mol. The van der Waals surface area contributed by atoms with Crippen molar-refractivity contribution in [2.45, 2.75) is 18.8 Å². The number of rotatable bonds is 7. The number of H-pyrrole nitrogens is 1. The lowest BCUT2D eigenvalue weighted by Crippen LogP contribution is -2.14. The molecule has 1 fully saturated rings. The molecule has 3 aromatic rings. The van der Waals surface area contributed by atoms with Crippen LogP contribution in [-0.4, -0.2) is 42.2 Å². The van der Waals surface area contributed by atoms with Crippen LogP contribution in [0.1, 0.15) is 24.5 Å². The van der Waals surface area contributed by atoms with Gasteiger partial charge in [0.25, 0.3) is 0 Å². The summed E-state index contributed by atoms with van der Waals surface area (Å²) in [6.07, 6.45) is 4.20. The number of hydrogen-bond acceptors (Lipinski definition) is 7. The van der Waals surface area contributed by atoms with Crippen molar-refractivity contribution in [3.63, 3.8) is 0 Å². The molecule has 2 heterocycles. The van der Waals surface area contributed by atoms with E-state index >= 15 is 0 Å². The fourth-order valence-electron chi connectivity index (χ4n) is 2.78. The van der Waals surface area contributed by atoms with E-state index in [0.717, 1.165) is 22.7 Å². The Bertz CT molecular complexity index is 957. The van der Waals surface area contributed by atoms with Gasteiger partial charge in [0.2, 0.25) is 5.95 Å². The Labute approximate surface area is 158 Å². The second-order valence-electron chi connectivity index (χ2n) is 6.52. The average molecular weight is 364 g/mol. The van der Waals surface area contributed by atoms with Gasteiger partial charge in [0.15, 0.2) is 0 Å². The molecule has 4 rings (SSSR count).